The third-order valence-electron chi connectivity index (χ3n) is 5.13. The smallest absolute Gasteiger partial charge is 0.330 e. The summed E-state index contributed by atoms with van der Waals surface area (Å²) in [6, 6.07) is 10.1. The fourth-order valence-corrected chi connectivity index (χ4v) is 3.42. The van der Waals surface area contributed by atoms with Gasteiger partial charge in [0.05, 0.1) is 20.8 Å². The number of hydrogen-bond donors (Lipinski definition) is 3. The minimum Gasteiger partial charge on any atom is -0.504 e. The second-order valence-electron chi connectivity index (χ2n) is 7.25. The van der Waals surface area contributed by atoms with Crippen LogP contribution in [0.3, 0.4) is 0 Å². The Bertz CT molecular complexity index is 891. The van der Waals surface area contributed by atoms with E-state index >= 15 is 0 Å². The molecule has 0 radical (unpaired) electrons. The van der Waals surface area contributed by atoms with E-state index in [0.29, 0.717) is 24.3 Å². The summed E-state index contributed by atoms with van der Waals surface area (Å²) in [7, 11) is 2.95. The molecule has 0 amide bonds. The van der Waals surface area contributed by atoms with Gasteiger partial charge < -0.3 is 29.5 Å². The Kier molecular flexibility index (Phi) is 9.21. The molecule has 0 aliphatic heterocycles. The molecule has 0 saturated carbocycles. The van der Waals surface area contributed by atoms with Gasteiger partial charge in [-0.05, 0) is 61.1 Å². The van der Waals surface area contributed by atoms with Gasteiger partial charge in [0.2, 0.25) is 0 Å². The molecule has 168 valence electrons. The number of hydrogen-bond acceptors (Lipinski definition) is 7. The summed E-state index contributed by atoms with van der Waals surface area (Å²) in [6.45, 7) is 1.73. The second kappa shape index (κ2) is 11.9. The highest BCUT2D eigenvalue weighted by Gasteiger charge is 2.24. The van der Waals surface area contributed by atoms with Crippen LogP contribution in [0.25, 0.3) is 0 Å². The molecule has 0 spiro atoms. The van der Waals surface area contributed by atoms with E-state index < -0.39 is 5.97 Å². The van der Waals surface area contributed by atoms with Gasteiger partial charge in [-0.2, -0.15) is 0 Å². The maximum atomic E-state index is 11.9. The number of carbonyl (C=O) groups is 1. The van der Waals surface area contributed by atoms with Crippen molar-refractivity contribution in [1.29, 1.82) is 0 Å². The molecule has 0 aliphatic carbocycles. The van der Waals surface area contributed by atoms with Crippen molar-refractivity contribution in [3.8, 4) is 23.0 Å². The molecule has 31 heavy (non-hydrogen) atoms. The van der Waals surface area contributed by atoms with Gasteiger partial charge in [-0.25, -0.2) is 4.79 Å². The number of methoxy groups -OCH3 is 2. The van der Waals surface area contributed by atoms with Crippen LogP contribution in [0.4, 0.5) is 0 Å². The summed E-state index contributed by atoms with van der Waals surface area (Å²) in [4.78, 5) is 11.9. The summed E-state index contributed by atoms with van der Waals surface area (Å²) in [5.74, 6) is -0.0870. The first kappa shape index (κ1) is 24.1. The first-order valence-electron chi connectivity index (χ1n) is 10.0. The Morgan fingerprint density at radius 2 is 1.45 bits per heavy atom. The van der Waals surface area contributed by atoms with Crippen molar-refractivity contribution in [3.05, 3.63) is 59.7 Å². The molecule has 0 heterocycles. The fraction of sp³-hybridized carbons (Fsp3) is 0.375. The number of benzene rings is 2. The van der Waals surface area contributed by atoms with Crippen molar-refractivity contribution in [2.45, 2.75) is 19.8 Å². The third-order valence-corrected chi connectivity index (χ3v) is 5.13. The van der Waals surface area contributed by atoms with Crippen molar-refractivity contribution >= 4 is 5.97 Å². The summed E-state index contributed by atoms with van der Waals surface area (Å²) in [5.41, 5.74) is 1.75. The number of rotatable bonds is 11. The predicted octanol–water partition coefficient (Wildman–Crippen LogP) is 3.24. The number of aliphatic hydroxyl groups is 1. The number of aromatic hydroxyl groups is 2. The molecule has 3 N–H and O–H groups in total. The van der Waals surface area contributed by atoms with Crippen LogP contribution in [0.2, 0.25) is 0 Å². The van der Waals surface area contributed by atoms with Gasteiger partial charge in [0.25, 0.3) is 0 Å². The van der Waals surface area contributed by atoms with Crippen LogP contribution in [0.15, 0.2) is 48.6 Å². The van der Waals surface area contributed by atoms with Gasteiger partial charge in [0, 0.05) is 18.6 Å². The van der Waals surface area contributed by atoms with Crippen molar-refractivity contribution in [2.75, 3.05) is 27.4 Å². The van der Waals surface area contributed by atoms with E-state index in [1.54, 1.807) is 49.4 Å². The molecule has 0 bridgehead atoms. The van der Waals surface area contributed by atoms with Gasteiger partial charge >= 0.3 is 5.97 Å². The van der Waals surface area contributed by atoms with Crippen LogP contribution >= 0.6 is 0 Å². The topological polar surface area (TPSA) is 105 Å². The first-order valence-corrected chi connectivity index (χ1v) is 10.0. The lowest BCUT2D eigenvalue weighted by Gasteiger charge is -2.26. The highest BCUT2D eigenvalue weighted by molar-refractivity contribution is 5.81. The molecule has 7 nitrogen and oxygen atoms in total. The zero-order chi connectivity index (χ0) is 22.8. The number of ether oxygens (including phenoxy) is 3. The highest BCUT2D eigenvalue weighted by atomic mass is 16.5. The summed E-state index contributed by atoms with van der Waals surface area (Å²) < 4.78 is 15.8. The Labute approximate surface area is 182 Å². The van der Waals surface area contributed by atoms with Crippen LogP contribution in [0.1, 0.15) is 18.1 Å². The summed E-state index contributed by atoms with van der Waals surface area (Å²) in [5, 5.41) is 29.8. The van der Waals surface area contributed by atoms with E-state index in [2.05, 4.69) is 0 Å². The molecular weight excluding hydrogens is 400 g/mol. The number of esters is 1. The lowest BCUT2D eigenvalue weighted by Crippen LogP contribution is -2.28. The van der Waals surface area contributed by atoms with Crippen LogP contribution < -0.4 is 9.47 Å². The Morgan fingerprint density at radius 1 is 0.935 bits per heavy atom. The quantitative estimate of drug-likeness (QED) is 0.371. The van der Waals surface area contributed by atoms with E-state index in [-0.39, 0.29) is 36.5 Å². The van der Waals surface area contributed by atoms with Gasteiger partial charge in [0.15, 0.2) is 23.0 Å². The van der Waals surface area contributed by atoms with Crippen molar-refractivity contribution < 1.29 is 34.3 Å². The normalized spacial score (nSPS) is 13.0. The largest absolute Gasteiger partial charge is 0.504 e. The van der Waals surface area contributed by atoms with Gasteiger partial charge in [0.1, 0.15) is 0 Å². The van der Waals surface area contributed by atoms with Crippen molar-refractivity contribution in [1.82, 2.24) is 0 Å². The molecule has 2 aromatic carbocycles. The third kappa shape index (κ3) is 6.93. The summed E-state index contributed by atoms with van der Waals surface area (Å²) >= 11 is 0. The second-order valence-corrected chi connectivity index (χ2v) is 7.25. The zero-order valence-corrected chi connectivity index (χ0v) is 18.1. The minimum absolute atomic E-state index is 0.0391. The van der Waals surface area contributed by atoms with Gasteiger partial charge in [-0.1, -0.05) is 18.2 Å². The molecule has 2 rings (SSSR count). The average molecular weight is 430 g/mol. The number of phenolic OH excluding ortho intramolecular Hbond substituents is 2. The maximum absolute atomic E-state index is 11.9. The highest BCUT2D eigenvalue weighted by Crippen LogP contribution is 2.31. The Balaban J connectivity index is 2.26. The van der Waals surface area contributed by atoms with Gasteiger partial charge in [-0.15, -0.1) is 0 Å². The Hall–Kier alpha value is -3.19. The van der Waals surface area contributed by atoms with Crippen LogP contribution in [-0.4, -0.2) is 48.7 Å². The minimum atomic E-state index is -0.446. The molecule has 0 fully saturated rings. The molecule has 7 heteroatoms. The van der Waals surface area contributed by atoms with E-state index in [0.717, 1.165) is 11.1 Å². The van der Waals surface area contributed by atoms with Crippen molar-refractivity contribution in [3.63, 3.8) is 0 Å². The lowest BCUT2D eigenvalue weighted by atomic mass is 9.83. The standard InChI is InChI=1S/C24H30O7/c1-4-5-24(28)31-15-19(11-17-7-9-21(27)23(13-17)30-3)18(14-25)10-16-6-8-20(26)22(12-16)29-2/h4-9,12-13,18-19,25-27H,10-11,14-15H2,1-3H3/b5-4+/t18-,19-/m0/s1. The molecular formula is C24H30O7. The van der Waals surface area contributed by atoms with E-state index in [1.807, 2.05) is 0 Å². The average Bonchev–Trinajstić information content (AvgIpc) is 2.77. The molecule has 0 saturated heterocycles. The molecule has 0 aromatic heterocycles. The maximum Gasteiger partial charge on any atom is 0.330 e. The summed E-state index contributed by atoms with van der Waals surface area (Å²) in [6.07, 6.45) is 3.95. The monoisotopic (exact) mass is 430 g/mol. The lowest BCUT2D eigenvalue weighted by molar-refractivity contribution is -0.139. The van der Waals surface area contributed by atoms with E-state index in [4.69, 9.17) is 14.2 Å². The zero-order valence-electron chi connectivity index (χ0n) is 18.1. The fourth-order valence-electron chi connectivity index (χ4n) is 3.42. The van der Waals surface area contributed by atoms with E-state index in [9.17, 15) is 20.1 Å². The molecule has 2 aromatic rings. The van der Waals surface area contributed by atoms with Crippen LogP contribution in [0.5, 0.6) is 23.0 Å². The molecule has 2 atom stereocenters. The van der Waals surface area contributed by atoms with E-state index in [1.165, 1.54) is 20.3 Å². The number of aliphatic hydroxyl groups excluding tert-OH is 1. The Morgan fingerprint density at radius 3 is 1.90 bits per heavy atom. The number of phenols is 2. The molecule has 0 unspecified atom stereocenters. The number of carbonyl (C=O) groups excluding carboxylic acids is 1. The predicted molar refractivity (Wildman–Crippen MR) is 117 cm³/mol. The number of allylic oxidation sites excluding steroid dienone is 1. The van der Waals surface area contributed by atoms with Crippen LogP contribution in [-0.2, 0) is 22.4 Å². The van der Waals surface area contributed by atoms with Crippen molar-refractivity contribution in [2.24, 2.45) is 11.8 Å². The van der Waals surface area contributed by atoms with Gasteiger partial charge in [-0.3, -0.25) is 0 Å². The first-order chi connectivity index (χ1) is 14.9. The molecule has 0 aliphatic rings. The SMILES string of the molecule is C/C=C/C(=O)OC[C@H](Cc1ccc(O)c(OC)c1)[C@H](CO)Cc1ccc(O)c(OC)c1. The van der Waals surface area contributed by atoms with Crippen LogP contribution in [0, 0.1) is 11.8 Å².